The zero-order valence-corrected chi connectivity index (χ0v) is 14.4. The summed E-state index contributed by atoms with van der Waals surface area (Å²) in [6.45, 7) is 8.83. The van der Waals surface area contributed by atoms with Crippen LogP contribution in [-0.4, -0.2) is 5.78 Å². The fourth-order valence-electron chi connectivity index (χ4n) is 2.54. The van der Waals surface area contributed by atoms with Gasteiger partial charge in [-0.3, -0.25) is 4.79 Å². The lowest BCUT2D eigenvalue weighted by Crippen LogP contribution is -2.11. The van der Waals surface area contributed by atoms with Gasteiger partial charge in [-0.2, -0.15) is 0 Å². The molecule has 0 aliphatic heterocycles. The van der Waals surface area contributed by atoms with E-state index >= 15 is 0 Å². The third-order valence-electron chi connectivity index (χ3n) is 4.08. The lowest BCUT2D eigenvalue weighted by molar-refractivity contribution is 0.0979. The van der Waals surface area contributed by atoms with Crippen molar-refractivity contribution in [2.75, 3.05) is 0 Å². The van der Waals surface area contributed by atoms with E-state index in [1.165, 1.54) is 44.1 Å². The molecule has 118 valence electrons. The first-order valence-corrected chi connectivity index (χ1v) is 8.59. The van der Waals surface area contributed by atoms with E-state index < -0.39 is 0 Å². The lowest BCUT2D eigenvalue weighted by Gasteiger charge is -2.18. The molecule has 1 heteroatoms. The normalized spacial score (nSPS) is 11.6. The second-order valence-electron chi connectivity index (χ2n) is 7.12. The van der Waals surface area contributed by atoms with Gasteiger partial charge in [0.1, 0.15) is 0 Å². The van der Waals surface area contributed by atoms with Crippen molar-refractivity contribution in [1.29, 1.82) is 0 Å². The first-order chi connectivity index (χ1) is 9.95. The number of carbonyl (C=O) groups is 1. The van der Waals surface area contributed by atoms with Gasteiger partial charge in [-0.15, -0.1) is 0 Å². The molecular weight excluding hydrogens is 256 g/mol. The fraction of sp³-hybridized carbons (Fsp3) is 0.650. The van der Waals surface area contributed by atoms with Crippen molar-refractivity contribution in [3.05, 3.63) is 35.4 Å². The van der Waals surface area contributed by atoms with E-state index in [9.17, 15) is 4.79 Å². The smallest absolute Gasteiger partial charge is 0.162 e. The molecule has 0 heterocycles. The molecule has 0 fully saturated rings. The van der Waals surface area contributed by atoms with Gasteiger partial charge in [-0.05, 0) is 17.4 Å². The lowest BCUT2D eigenvalue weighted by atomic mass is 9.86. The van der Waals surface area contributed by atoms with E-state index in [1.807, 2.05) is 12.1 Å². The van der Waals surface area contributed by atoms with Crippen LogP contribution in [0.3, 0.4) is 0 Å². The third-order valence-corrected chi connectivity index (χ3v) is 4.08. The van der Waals surface area contributed by atoms with Crippen LogP contribution in [0.4, 0.5) is 0 Å². The van der Waals surface area contributed by atoms with E-state index in [4.69, 9.17) is 0 Å². The number of Topliss-reactive ketones (excluding diaryl/α,β-unsaturated/α-hetero) is 1. The Kier molecular flexibility index (Phi) is 7.71. The number of hydrogen-bond donors (Lipinski definition) is 0. The van der Waals surface area contributed by atoms with Crippen LogP contribution in [0.15, 0.2) is 24.3 Å². The molecule has 0 spiro atoms. The summed E-state index contributed by atoms with van der Waals surface area (Å²) in [5, 5.41) is 0. The second kappa shape index (κ2) is 9.02. The Balaban J connectivity index is 2.29. The maximum absolute atomic E-state index is 12.1. The van der Waals surface area contributed by atoms with Crippen molar-refractivity contribution in [2.45, 2.75) is 84.5 Å². The molecule has 0 saturated heterocycles. The summed E-state index contributed by atoms with van der Waals surface area (Å²) in [5.74, 6) is 0.295. The monoisotopic (exact) mass is 288 g/mol. The van der Waals surface area contributed by atoms with Crippen LogP contribution in [-0.2, 0) is 5.41 Å². The number of unbranched alkanes of at least 4 members (excludes halogenated alkanes) is 6. The predicted molar refractivity (Wildman–Crippen MR) is 92.1 cm³/mol. The van der Waals surface area contributed by atoms with Crippen molar-refractivity contribution in [2.24, 2.45) is 0 Å². The number of benzene rings is 1. The summed E-state index contributed by atoms with van der Waals surface area (Å²) in [5.41, 5.74) is 2.31. The highest BCUT2D eigenvalue weighted by Crippen LogP contribution is 2.22. The molecule has 0 aliphatic carbocycles. The molecule has 0 saturated carbocycles. The molecule has 0 N–H and O–H groups in total. The minimum Gasteiger partial charge on any atom is -0.294 e. The Morgan fingerprint density at radius 1 is 0.857 bits per heavy atom. The maximum atomic E-state index is 12.1. The maximum Gasteiger partial charge on any atom is 0.162 e. The standard InChI is InChI=1S/C20H32O/c1-5-6-7-8-9-10-11-12-19(21)17-13-15-18(16-14-17)20(2,3)4/h13-16H,5-12H2,1-4H3. The van der Waals surface area contributed by atoms with Gasteiger partial charge >= 0.3 is 0 Å². The highest BCUT2D eigenvalue weighted by Gasteiger charge is 2.14. The molecule has 1 aromatic rings. The van der Waals surface area contributed by atoms with Crippen LogP contribution >= 0.6 is 0 Å². The Morgan fingerprint density at radius 2 is 1.38 bits per heavy atom. The summed E-state index contributed by atoms with van der Waals surface area (Å²) >= 11 is 0. The number of carbonyl (C=O) groups excluding carboxylic acids is 1. The molecular formula is C20H32O. The van der Waals surface area contributed by atoms with Crippen molar-refractivity contribution in [1.82, 2.24) is 0 Å². The quantitative estimate of drug-likeness (QED) is 0.384. The Morgan fingerprint density at radius 3 is 1.90 bits per heavy atom. The summed E-state index contributed by atoms with van der Waals surface area (Å²) in [6.07, 6.45) is 9.50. The van der Waals surface area contributed by atoms with Crippen LogP contribution in [0.2, 0.25) is 0 Å². The van der Waals surface area contributed by atoms with Crippen LogP contribution in [0.1, 0.15) is 95.0 Å². The van der Waals surface area contributed by atoms with Crippen molar-refractivity contribution >= 4 is 5.78 Å². The molecule has 0 aliphatic rings. The van der Waals surface area contributed by atoms with Gasteiger partial charge in [0.25, 0.3) is 0 Å². The van der Waals surface area contributed by atoms with E-state index in [-0.39, 0.29) is 5.41 Å². The highest BCUT2D eigenvalue weighted by molar-refractivity contribution is 5.96. The topological polar surface area (TPSA) is 17.1 Å². The van der Waals surface area contributed by atoms with Crippen molar-refractivity contribution in [3.8, 4) is 0 Å². The van der Waals surface area contributed by atoms with Crippen LogP contribution in [0.25, 0.3) is 0 Å². The average Bonchev–Trinajstić information content (AvgIpc) is 2.45. The SMILES string of the molecule is CCCCCCCCCC(=O)c1ccc(C(C)(C)C)cc1. The van der Waals surface area contributed by atoms with Crippen LogP contribution in [0, 0.1) is 0 Å². The van der Waals surface area contributed by atoms with Gasteiger partial charge in [-0.25, -0.2) is 0 Å². The van der Waals surface area contributed by atoms with Gasteiger partial charge in [0.05, 0.1) is 0 Å². The number of ketones is 1. The second-order valence-corrected chi connectivity index (χ2v) is 7.12. The molecule has 0 amide bonds. The highest BCUT2D eigenvalue weighted by atomic mass is 16.1. The van der Waals surface area contributed by atoms with E-state index in [0.717, 1.165) is 12.0 Å². The largest absolute Gasteiger partial charge is 0.294 e. The number of rotatable bonds is 9. The van der Waals surface area contributed by atoms with Crippen LogP contribution < -0.4 is 0 Å². The van der Waals surface area contributed by atoms with Gasteiger partial charge in [0, 0.05) is 12.0 Å². The van der Waals surface area contributed by atoms with Gasteiger partial charge in [0.2, 0.25) is 0 Å². The number of hydrogen-bond acceptors (Lipinski definition) is 1. The minimum atomic E-state index is 0.153. The molecule has 0 atom stereocenters. The first-order valence-electron chi connectivity index (χ1n) is 8.59. The molecule has 1 nitrogen and oxygen atoms in total. The van der Waals surface area contributed by atoms with E-state index in [1.54, 1.807) is 0 Å². The van der Waals surface area contributed by atoms with E-state index in [0.29, 0.717) is 12.2 Å². The van der Waals surface area contributed by atoms with Crippen LogP contribution in [0.5, 0.6) is 0 Å². The molecule has 0 aromatic heterocycles. The molecule has 0 bridgehead atoms. The minimum absolute atomic E-state index is 0.153. The molecule has 0 radical (unpaired) electrons. The summed E-state index contributed by atoms with van der Waals surface area (Å²) in [6, 6.07) is 8.17. The summed E-state index contributed by atoms with van der Waals surface area (Å²) < 4.78 is 0. The Hall–Kier alpha value is -1.11. The summed E-state index contributed by atoms with van der Waals surface area (Å²) in [4.78, 5) is 12.1. The molecule has 1 aromatic carbocycles. The Bertz CT molecular complexity index is 408. The molecule has 0 unspecified atom stereocenters. The van der Waals surface area contributed by atoms with Gasteiger partial charge < -0.3 is 0 Å². The zero-order valence-electron chi connectivity index (χ0n) is 14.4. The average molecular weight is 288 g/mol. The third kappa shape index (κ3) is 6.93. The van der Waals surface area contributed by atoms with Gasteiger partial charge in [0.15, 0.2) is 5.78 Å². The molecule has 21 heavy (non-hydrogen) atoms. The Labute approximate surface area is 131 Å². The molecule has 1 rings (SSSR count). The zero-order chi connectivity index (χ0) is 15.7. The predicted octanol–water partition coefficient (Wildman–Crippen LogP) is 6.31. The fourth-order valence-corrected chi connectivity index (χ4v) is 2.54. The summed E-state index contributed by atoms with van der Waals surface area (Å²) in [7, 11) is 0. The first kappa shape index (κ1) is 17.9. The van der Waals surface area contributed by atoms with Gasteiger partial charge in [-0.1, -0.05) is 90.5 Å². The van der Waals surface area contributed by atoms with E-state index in [2.05, 4.69) is 39.8 Å². The van der Waals surface area contributed by atoms with Crippen molar-refractivity contribution in [3.63, 3.8) is 0 Å². The van der Waals surface area contributed by atoms with Crippen molar-refractivity contribution < 1.29 is 4.79 Å².